The molecule has 0 amide bonds. The molecule has 0 saturated carbocycles. The molecule has 1 atom stereocenters. The maximum absolute atomic E-state index is 12.3. The SMILES string of the molecule is N#CC(c1cccc([N+](=O)[O-])c1)C(F)(F)F. The number of rotatable bonds is 2. The Morgan fingerprint density at radius 3 is 2.50 bits per heavy atom. The lowest BCUT2D eigenvalue weighted by Gasteiger charge is -2.12. The predicted octanol–water partition coefficient (Wildman–Crippen LogP) is 2.76. The highest BCUT2D eigenvalue weighted by Crippen LogP contribution is 2.35. The fourth-order valence-electron chi connectivity index (χ4n) is 1.15. The van der Waals surface area contributed by atoms with E-state index in [0.717, 1.165) is 30.3 Å². The Bertz CT molecular complexity index is 451. The highest BCUT2D eigenvalue weighted by molar-refractivity contribution is 5.38. The van der Waals surface area contributed by atoms with Crippen LogP contribution in [0.5, 0.6) is 0 Å². The summed E-state index contributed by atoms with van der Waals surface area (Å²) in [4.78, 5) is 9.54. The van der Waals surface area contributed by atoms with E-state index in [1.165, 1.54) is 0 Å². The molecule has 0 saturated heterocycles. The first kappa shape index (κ1) is 12.0. The Hall–Kier alpha value is -2.10. The molecular formula is C9H5F3N2O2. The van der Waals surface area contributed by atoms with Gasteiger partial charge in [-0.05, 0) is 5.56 Å². The second kappa shape index (κ2) is 4.18. The van der Waals surface area contributed by atoms with Crippen molar-refractivity contribution in [1.29, 1.82) is 5.26 Å². The van der Waals surface area contributed by atoms with Gasteiger partial charge in [-0.3, -0.25) is 10.1 Å². The standard InChI is InChI=1S/C9H5F3N2O2/c10-9(11,12)8(5-13)6-2-1-3-7(4-6)14(15)16/h1-4,8H. The summed E-state index contributed by atoms with van der Waals surface area (Å²) in [6.45, 7) is 0. The van der Waals surface area contributed by atoms with E-state index >= 15 is 0 Å². The quantitative estimate of drug-likeness (QED) is 0.579. The van der Waals surface area contributed by atoms with Crippen molar-refractivity contribution in [3.63, 3.8) is 0 Å². The molecule has 0 aromatic heterocycles. The minimum atomic E-state index is -4.73. The van der Waals surface area contributed by atoms with Gasteiger partial charge in [-0.15, -0.1) is 0 Å². The average Bonchev–Trinajstić information content (AvgIpc) is 2.17. The fourth-order valence-corrected chi connectivity index (χ4v) is 1.15. The van der Waals surface area contributed by atoms with Gasteiger partial charge in [0.1, 0.15) is 0 Å². The molecule has 0 N–H and O–H groups in total. The Balaban J connectivity index is 3.18. The summed E-state index contributed by atoms with van der Waals surface area (Å²) in [6.07, 6.45) is -4.73. The van der Waals surface area contributed by atoms with Crippen LogP contribution in [-0.4, -0.2) is 11.1 Å². The third-order valence-corrected chi connectivity index (χ3v) is 1.87. The number of alkyl halides is 3. The lowest BCUT2D eigenvalue weighted by atomic mass is 10.00. The molecular weight excluding hydrogens is 225 g/mol. The number of non-ortho nitro benzene ring substituents is 1. The van der Waals surface area contributed by atoms with Crippen LogP contribution in [-0.2, 0) is 0 Å². The molecule has 4 nitrogen and oxygen atoms in total. The van der Waals surface area contributed by atoms with Gasteiger partial charge in [-0.2, -0.15) is 18.4 Å². The molecule has 0 heterocycles. The summed E-state index contributed by atoms with van der Waals surface area (Å²) in [6, 6.07) is 5.04. The third-order valence-electron chi connectivity index (χ3n) is 1.87. The molecule has 16 heavy (non-hydrogen) atoms. The largest absolute Gasteiger partial charge is 0.408 e. The number of benzene rings is 1. The number of hydrogen-bond acceptors (Lipinski definition) is 3. The average molecular weight is 230 g/mol. The van der Waals surface area contributed by atoms with Crippen molar-refractivity contribution in [2.75, 3.05) is 0 Å². The van der Waals surface area contributed by atoms with E-state index in [1.54, 1.807) is 0 Å². The van der Waals surface area contributed by atoms with E-state index in [0.29, 0.717) is 0 Å². The van der Waals surface area contributed by atoms with Crippen LogP contribution in [0.3, 0.4) is 0 Å². The summed E-state index contributed by atoms with van der Waals surface area (Å²) in [5.74, 6) is -2.34. The minimum absolute atomic E-state index is 0.427. The van der Waals surface area contributed by atoms with E-state index in [9.17, 15) is 23.3 Å². The Labute approximate surface area is 88.1 Å². The molecule has 0 bridgehead atoms. The second-order valence-corrected chi connectivity index (χ2v) is 2.96. The Kier molecular flexibility index (Phi) is 3.13. The van der Waals surface area contributed by atoms with Crippen LogP contribution in [0.1, 0.15) is 11.5 Å². The van der Waals surface area contributed by atoms with Crippen LogP contribution < -0.4 is 0 Å². The summed E-state index contributed by atoms with van der Waals surface area (Å²) in [7, 11) is 0. The molecule has 0 spiro atoms. The molecule has 84 valence electrons. The van der Waals surface area contributed by atoms with E-state index in [2.05, 4.69) is 0 Å². The van der Waals surface area contributed by atoms with Gasteiger partial charge in [-0.1, -0.05) is 12.1 Å². The normalized spacial score (nSPS) is 12.9. The number of nitro groups is 1. The van der Waals surface area contributed by atoms with Crippen LogP contribution in [0.4, 0.5) is 18.9 Å². The van der Waals surface area contributed by atoms with Gasteiger partial charge >= 0.3 is 6.18 Å². The summed E-state index contributed by atoms with van der Waals surface area (Å²) in [5, 5.41) is 18.8. The van der Waals surface area contributed by atoms with Crippen molar-refractivity contribution in [2.45, 2.75) is 12.1 Å². The number of nitrogens with zero attached hydrogens (tertiary/aromatic N) is 2. The van der Waals surface area contributed by atoms with E-state index in [4.69, 9.17) is 5.26 Å². The molecule has 0 fully saturated rings. The smallest absolute Gasteiger partial charge is 0.258 e. The zero-order valence-corrected chi connectivity index (χ0v) is 7.73. The Morgan fingerprint density at radius 1 is 1.44 bits per heavy atom. The number of nitro benzene ring substituents is 1. The molecule has 0 radical (unpaired) electrons. The Morgan fingerprint density at radius 2 is 2.06 bits per heavy atom. The molecule has 0 aliphatic carbocycles. The van der Waals surface area contributed by atoms with Gasteiger partial charge in [-0.25, -0.2) is 0 Å². The number of nitriles is 1. The molecule has 0 aliphatic rings. The van der Waals surface area contributed by atoms with Gasteiger partial charge in [0.15, 0.2) is 5.92 Å². The van der Waals surface area contributed by atoms with Gasteiger partial charge in [0.25, 0.3) is 5.69 Å². The topological polar surface area (TPSA) is 66.9 Å². The molecule has 1 rings (SSSR count). The van der Waals surface area contributed by atoms with Crippen molar-refractivity contribution in [3.8, 4) is 6.07 Å². The maximum atomic E-state index is 12.3. The maximum Gasteiger partial charge on any atom is 0.408 e. The van der Waals surface area contributed by atoms with Crippen LogP contribution in [0.25, 0.3) is 0 Å². The zero-order valence-electron chi connectivity index (χ0n) is 7.73. The predicted molar refractivity (Wildman–Crippen MR) is 47.5 cm³/mol. The van der Waals surface area contributed by atoms with Gasteiger partial charge in [0.2, 0.25) is 0 Å². The van der Waals surface area contributed by atoms with Gasteiger partial charge < -0.3 is 0 Å². The lowest BCUT2D eigenvalue weighted by molar-refractivity contribution is -0.384. The van der Waals surface area contributed by atoms with Crippen LogP contribution in [0.2, 0.25) is 0 Å². The first-order chi connectivity index (χ1) is 7.36. The van der Waals surface area contributed by atoms with Gasteiger partial charge in [0.05, 0.1) is 11.0 Å². The summed E-state index contributed by atoms with van der Waals surface area (Å²) < 4.78 is 37.0. The molecule has 7 heteroatoms. The fraction of sp³-hybridized carbons (Fsp3) is 0.222. The highest BCUT2D eigenvalue weighted by atomic mass is 19.4. The van der Waals surface area contributed by atoms with Crippen LogP contribution in [0.15, 0.2) is 24.3 Å². The van der Waals surface area contributed by atoms with Crippen molar-refractivity contribution < 1.29 is 18.1 Å². The lowest BCUT2D eigenvalue weighted by Crippen LogP contribution is -2.19. The van der Waals surface area contributed by atoms with Crippen molar-refractivity contribution >= 4 is 5.69 Å². The van der Waals surface area contributed by atoms with Gasteiger partial charge in [0, 0.05) is 12.1 Å². The third kappa shape index (κ3) is 2.48. The number of halogens is 3. The van der Waals surface area contributed by atoms with E-state index < -0.39 is 28.3 Å². The van der Waals surface area contributed by atoms with E-state index in [-0.39, 0.29) is 0 Å². The van der Waals surface area contributed by atoms with E-state index in [1.807, 2.05) is 0 Å². The molecule has 1 aromatic carbocycles. The summed E-state index contributed by atoms with van der Waals surface area (Å²) >= 11 is 0. The van der Waals surface area contributed by atoms with Crippen molar-refractivity contribution in [1.82, 2.24) is 0 Å². The van der Waals surface area contributed by atoms with Crippen LogP contribution in [0, 0.1) is 21.4 Å². The molecule has 1 unspecified atom stereocenters. The second-order valence-electron chi connectivity index (χ2n) is 2.96. The zero-order chi connectivity index (χ0) is 12.3. The van der Waals surface area contributed by atoms with Crippen molar-refractivity contribution in [2.24, 2.45) is 0 Å². The van der Waals surface area contributed by atoms with Crippen molar-refractivity contribution in [3.05, 3.63) is 39.9 Å². The molecule has 1 aromatic rings. The summed E-state index contributed by atoms with van der Waals surface area (Å²) in [5.41, 5.74) is -0.897. The molecule has 0 aliphatic heterocycles. The first-order valence-electron chi connectivity index (χ1n) is 4.07. The monoisotopic (exact) mass is 230 g/mol. The first-order valence-corrected chi connectivity index (χ1v) is 4.07. The van der Waals surface area contributed by atoms with Crippen LogP contribution >= 0.6 is 0 Å². The number of hydrogen-bond donors (Lipinski definition) is 0. The highest BCUT2D eigenvalue weighted by Gasteiger charge is 2.41. The minimum Gasteiger partial charge on any atom is -0.258 e.